The van der Waals surface area contributed by atoms with Crippen LogP contribution in [0.3, 0.4) is 0 Å². The molecule has 2 rings (SSSR count). The summed E-state index contributed by atoms with van der Waals surface area (Å²) in [6.07, 6.45) is 6.29. The maximum atomic E-state index is 5.87. The van der Waals surface area contributed by atoms with E-state index in [9.17, 15) is 0 Å². The first kappa shape index (κ1) is 11.2. The average Bonchev–Trinajstić information content (AvgIpc) is 2.17. The smallest absolute Gasteiger partial charge is 0.400 e. The highest BCUT2D eigenvalue weighted by molar-refractivity contribution is 6.51. The summed E-state index contributed by atoms with van der Waals surface area (Å²) < 4.78 is 11.7. The van der Waals surface area contributed by atoms with E-state index in [0.717, 1.165) is 5.92 Å². The summed E-state index contributed by atoms with van der Waals surface area (Å²) >= 11 is 0. The van der Waals surface area contributed by atoms with E-state index in [1.54, 1.807) is 0 Å². The van der Waals surface area contributed by atoms with E-state index in [-0.39, 0.29) is 18.3 Å². The molecule has 1 aliphatic carbocycles. The van der Waals surface area contributed by atoms with Crippen LogP contribution in [0.1, 0.15) is 47.0 Å². The number of hydrogen-bond donors (Lipinski definition) is 0. The van der Waals surface area contributed by atoms with Crippen molar-refractivity contribution in [1.82, 2.24) is 0 Å². The van der Waals surface area contributed by atoms with Gasteiger partial charge in [-0.3, -0.25) is 0 Å². The zero-order valence-corrected chi connectivity index (χ0v) is 10.2. The van der Waals surface area contributed by atoms with Gasteiger partial charge in [0.2, 0.25) is 0 Å². The normalized spacial score (nSPS) is 29.7. The Bertz CT molecular complexity index is 251. The van der Waals surface area contributed by atoms with Gasteiger partial charge in [0.05, 0.1) is 11.2 Å². The Balaban J connectivity index is 1.93. The molecule has 0 spiro atoms. The maximum Gasteiger partial charge on any atom is 0.486 e. The quantitative estimate of drug-likeness (QED) is 0.649. The second-order valence-corrected chi connectivity index (χ2v) is 5.70. The highest BCUT2D eigenvalue weighted by Crippen LogP contribution is 2.37. The van der Waals surface area contributed by atoms with E-state index >= 15 is 0 Å². The number of hydrogen-bond acceptors (Lipinski definition) is 2. The van der Waals surface area contributed by atoms with Crippen LogP contribution in [0.4, 0.5) is 0 Å². The van der Waals surface area contributed by atoms with Crippen LogP contribution in [0.2, 0.25) is 0 Å². The first-order valence-corrected chi connectivity index (χ1v) is 5.95. The van der Waals surface area contributed by atoms with E-state index in [4.69, 9.17) is 9.31 Å². The summed E-state index contributed by atoms with van der Waals surface area (Å²) in [6.45, 7) is 8.35. The molecule has 0 aromatic carbocycles. The van der Waals surface area contributed by atoms with E-state index in [1.807, 2.05) is 0 Å². The lowest BCUT2D eigenvalue weighted by Crippen LogP contribution is -2.41. The molecule has 1 saturated heterocycles. The third-order valence-corrected chi connectivity index (χ3v) is 3.96. The molecule has 15 heavy (non-hydrogen) atoms. The molecule has 84 valence electrons. The van der Waals surface area contributed by atoms with Crippen molar-refractivity contribution < 1.29 is 9.31 Å². The van der Waals surface area contributed by atoms with E-state index < -0.39 is 0 Å². The monoisotopic (exact) mass is 208 g/mol. The van der Waals surface area contributed by atoms with Crippen LogP contribution in [0, 0.1) is 5.92 Å². The molecule has 0 N–H and O–H groups in total. The number of rotatable bonds is 2. The Morgan fingerprint density at radius 2 is 1.60 bits per heavy atom. The Labute approximate surface area is 93.2 Å². The molecular formula is C12H21BO2. The molecule has 0 aromatic heterocycles. The van der Waals surface area contributed by atoms with Crippen molar-refractivity contribution in [2.45, 2.75) is 58.2 Å². The maximum absolute atomic E-state index is 5.87. The Hall–Kier alpha value is -0.275. The van der Waals surface area contributed by atoms with Crippen molar-refractivity contribution in [3.05, 3.63) is 12.1 Å². The van der Waals surface area contributed by atoms with Crippen molar-refractivity contribution in [1.29, 1.82) is 0 Å². The highest BCUT2D eigenvalue weighted by atomic mass is 16.7. The van der Waals surface area contributed by atoms with Gasteiger partial charge in [0.25, 0.3) is 0 Å². The van der Waals surface area contributed by atoms with Crippen LogP contribution in [0.25, 0.3) is 0 Å². The molecule has 2 fully saturated rings. The lowest BCUT2D eigenvalue weighted by atomic mass is 9.80. The lowest BCUT2D eigenvalue weighted by Gasteiger charge is -2.32. The minimum Gasteiger partial charge on any atom is -0.400 e. The van der Waals surface area contributed by atoms with Gasteiger partial charge in [0.15, 0.2) is 0 Å². The van der Waals surface area contributed by atoms with Crippen LogP contribution >= 0.6 is 0 Å². The van der Waals surface area contributed by atoms with Crippen molar-refractivity contribution in [3.63, 3.8) is 0 Å². The summed E-state index contributed by atoms with van der Waals surface area (Å²) in [7, 11) is -0.157. The van der Waals surface area contributed by atoms with E-state index in [0.29, 0.717) is 0 Å². The summed E-state index contributed by atoms with van der Waals surface area (Å²) in [5, 5.41) is 0. The Morgan fingerprint density at radius 3 is 2.00 bits per heavy atom. The van der Waals surface area contributed by atoms with Gasteiger partial charge in [-0.1, -0.05) is 18.5 Å². The summed E-state index contributed by atoms with van der Waals surface area (Å²) in [4.78, 5) is 0. The van der Waals surface area contributed by atoms with Crippen molar-refractivity contribution >= 4 is 7.12 Å². The lowest BCUT2D eigenvalue weighted by molar-refractivity contribution is 0.00578. The van der Waals surface area contributed by atoms with Gasteiger partial charge in [-0.2, -0.15) is 0 Å². The SMILES string of the molecule is CC1(C)OB(/C=C/C2CCC2)OC1(C)C. The minimum absolute atomic E-state index is 0.157. The first-order valence-electron chi connectivity index (χ1n) is 5.95. The summed E-state index contributed by atoms with van der Waals surface area (Å²) in [5.41, 5.74) is -0.413. The molecule has 0 aromatic rings. The zero-order chi connectivity index (χ0) is 11.1. The zero-order valence-electron chi connectivity index (χ0n) is 10.2. The number of allylic oxidation sites excluding steroid dienone is 1. The third kappa shape index (κ3) is 2.14. The van der Waals surface area contributed by atoms with Crippen LogP contribution in [0.5, 0.6) is 0 Å². The summed E-state index contributed by atoms with van der Waals surface area (Å²) in [6, 6.07) is 0. The molecule has 1 aliphatic heterocycles. The molecule has 1 saturated carbocycles. The molecular weight excluding hydrogens is 187 g/mol. The first-order chi connectivity index (χ1) is 6.91. The fourth-order valence-electron chi connectivity index (χ4n) is 1.85. The molecule has 3 heteroatoms. The topological polar surface area (TPSA) is 18.5 Å². The summed E-state index contributed by atoms with van der Waals surface area (Å²) in [5.74, 6) is 2.85. The van der Waals surface area contributed by atoms with Crippen LogP contribution in [-0.4, -0.2) is 18.3 Å². The highest BCUT2D eigenvalue weighted by Gasteiger charge is 2.50. The minimum atomic E-state index is -0.207. The van der Waals surface area contributed by atoms with Crippen molar-refractivity contribution in [3.8, 4) is 0 Å². The fraction of sp³-hybridized carbons (Fsp3) is 0.833. The van der Waals surface area contributed by atoms with Gasteiger partial charge in [-0.05, 0) is 46.5 Å². The van der Waals surface area contributed by atoms with Gasteiger partial charge in [-0.25, -0.2) is 0 Å². The molecule has 0 unspecified atom stereocenters. The van der Waals surface area contributed by atoms with Crippen LogP contribution in [-0.2, 0) is 9.31 Å². The van der Waals surface area contributed by atoms with E-state index in [2.05, 4.69) is 39.7 Å². The second kappa shape index (κ2) is 3.64. The third-order valence-electron chi connectivity index (χ3n) is 3.96. The molecule has 2 nitrogen and oxygen atoms in total. The van der Waals surface area contributed by atoms with Gasteiger partial charge >= 0.3 is 7.12 Å². The Kier molecular flexibility index (Phi) is 2.72. The standard InChI is InChI=1S/C12H21BO2/c1-11(2)12(3,4)15-13(14-11)9-8-10-6-5-7-10/h8-10H,5-7H2,1-4H3/b9-8+. The van der Waals surface area contributed by atoms with Gasteiger partial charge < -0.3 is 9.31 Å². The van der Waals surface area contributed by atoms with Gasteiger partial charge in [-0.15, -0.1) is 0 Å². The predicted molar refractivity (Wildman–Crippen MR) is 62.6 cm³/mol. The van der Waals surface area contributed by atoms with E-state index in [1.165, 1.54) is 19.3 Å². The van der Waals surface area contributed by atoms with Crippen molar-refractivity contribution in [2.75, 3.05) is 0 Å². The van der Waals surface area contributed by atoms with Gasteiger partial charge in [0, 0.05) is 0 Å². The fourth-order valence-corrected chi connectivity index (χ4v) is 1.85. The molecule has 1 heterocycles. The molecule has 0 radical (unpaired) electrons. The largest absolute Gasteiger partial charge is 0.486 e. The predicted octanol–water partition coefficient (Wildman–Crippen LogP) is 2.97. The van der Waals surface area contributed by atoms with Crippen molar-refractivity contribution in [2.24, 2.45) is 5.92 Å². The average molecular weight is 208 g/mol. The Morgan fingerprint density at radius 1 is 1.07 bits per heavy atom. The van der Waals surface area contributed by atoms with Gasteiger partial charge in [0.1, 0.15) is 0 Å². The van der Waals surface area contributed by atoms with Crippen LogP contribution in [0.15, 0.2) is 12.1 Å². The molecule has 0 bridgehead atoms. The van der Waals surface area contributed by atoms with Crippen LogP contribution < -0.4 is 0 Å². The molecule has 0 atom stereocenters. The molecule has 0 amide bonds. The molecule has 2 aliphatic rings. The second-order valence-electron chi connectivity index (χ2n) is 5.70.